The topological polar surface area (TPSA) is 12.4 Å². The van der Waals surface area contributed by atoms with Gasteiger partial charge in [0.15, 0.2) is 0 Å². The Morgan fingerprint density at radius 1 is 1.06 bits per heavy atom. The SMILES string of the molecule is Br.c1ccc(CSC2=NCCCCC2)cc1. The van der Waals surface area contributed by atoms with Crippen molar-refractivity contribution in [2.45, 2.75) is 31.4 Å². The van der Waals surface area contributed by atoms with Crippen molar-refractivity contribution in [1.29, 1.82) is 0 Å². The highest BCUT2D eigenvalue weighted by atomic mass is 79.9. The number of rotatable bonds is 2. The zero-order valence-electron chi connectivity index (χ0n) is 9.39. The molecule has 2 rings (SSSR count). The lowest BCUT2D eigenvalue weighted by atomic mass is 10.2. The maximum Gasteiger partial charge on any atom is 0.0679 e. The highest BCUT2D eigenvalue weighted by molar-refractivity contribution is 8.93. The number of halogens is 1. The summed E-state index contributed by atoms with van der Waals surface area (Å²) in [6.07, 6.45) is 5.13. The van der Waals surface area contributed by atoms with E-state index in [0.29, 0.717) is 0 Å². The van der Waals surface area contributed by atoms with E-state index in [-0.39, 0.29) is 17.0 Å². The molecule has 1 aliphatic rings. The first kappa shape index (κ1) is 13.8. The second-order valence-electron chi connectivity index (χ2n) is 3.86. The van der Waals surface area contributed by atoms with Gasteiger partial charge in [-0.2, -0.15) is 0 Å². The molecule has 3 heteroatoms. The second-order valence-corrected chi connectivity index (χ2v) is 4.91. The minimum absolute atomic E-state index is 0. The Bertz CT molecular complexity index is 324. The molecule has 1 aliphatic heterocycles. The van der Waals surface area contributed by atoms with Gasteiger partial charge in [0.1, 0.15) is 0 Å². The molecule has 88 valence electrons. The zero-order valence-corrected chi connectivity index (χ0v) is 11.9. The fraction of sp³-hybridized carbons (Fsp3) is 0.462. The van der Waals surface area contributed by atoms with E-state index >= 15 is 0 Å². The van der Waals surface area contributed by atoms with Gasteiger partial charge in [-0.05, 0) is 24.8 Å². The summed E-state index contributed by atoms with van der Waals surface area (Å²) in [4.78, 5) is 4.62. The molecule has 0 fully saturated rings. The van der Waals surface area contributed by atoms with Gasteiger partial charge in [-0.15, -0.1) is 28.7 Å². The molecule has 0 unspecified atom stereocenters. The van der Waals surface area contributed by atoms with Crippen LogP contribution in [0.25, 0.3) is 0 Å². The number of nitrogens with zero attached hydrogens (tertiary/aromatic N) is 1. The van der Waals surface area contributed by atoms with Crippen LogP contribution in [0.3, 0.4) is 0 Å². The number of hydrogen-bond donors (Lipinski definition) is 0. The van der Waals surface area contributed by atoms with E-state index < -0.39 is 0 Å². The van der Waals surface area contributed by atoms with Gasteiger partial charge in [-0.1, -0.05) is 36.8 Å². The van der Waals surface area contributed by atoms with Crippen LogP contribution in [0.15, 0.2) is 35.3 Å². The molecule has 0 aromatic heterocycles. The first-order valence-corrected chi connectivity index (χ1v) is 6.64. The minimum Gasteiger partial charge on any atom is -0.283 e. The smallest absolute Gasteiger partial charge is 0.0679 e. The predicted molar refractivity (Wildman–Crippen MR) is 78.8 cm³/mol. The van der Waals surface area contributed by atoms with Gasteiger partial charge < -0.3 is 0 Å². The lowest BCUT2D eigenvalue weighted by Crippen LogP contribution is -1.92. The second kappa shape index (κ2) is 7.91. The lowest BCUT2D eigenvalue weighted by molar-refractivity contribution is 0.732. The summed E-state index contributed by atoms with van der Waals surface area (Å²) < 4.78 is 0. The van der Waals surface area contributed by atoms with Crippen LogP contribution in [0.5, 0.6) is 0 Å². The zero-order chi connectivity index (χ0) is 10.3. The third kappa shape index (κ3) is 4.71. The van der Waals surface area contributed by atoms with Gasteiger partial charge in [0.25, 0.3) is 0 Å². The number of hydrogen-bond acceptors (Lipinski definition) is 2. The van der Waals surface area contributed by atoms with Crippen molar-refractivity contribution in [3.05, 3.63) is 35.9 Å². The van der Waals surface area contributed by atoms with Crippen molar-refractivity contribution in [3.8, 4) is 0 Å². The quantitative estimate of drug-likeness (QED) is 0.785. The Morgan fingerprint density at radius 2 is 1.88 bits per heavy atom. The normalized spacial score (nSPS) is 15.9. The number of thioether (sulfide) groups is 1. The minimum atomic E-state index is 0. The van der Waals surface area contributed by atoms with E-state index in [1.54, 1.807) is 0 Å². The van der Waals surface area contributed by atoms with Crippen molar-refractivity contribution >= 4 is 33.8 Å². The Hall–Kier alpha value is -0.280. The van der Waals surface area contributed by atoms with E-state index in [0.717, 1.165) is 12.3 Å². The molecule has 0 aliphatic carbocycles. The summed E-state index contributed by atoms with van der Waals surface area (Å²) >= 11 is 1.91. The lowest BCUT2D eigenvalue weighted by Gasteiger charge is -2.03. The first-order valence-electron chi connectivity index (χ1n) is 5.65. The van der Waals surface area contributed by atoms with E-state index in [1.807, 2.05) is 11.8 Å². The number of aliphatic imine (C=N–C) groups is 1. The molecule has 0 amide bonds. The van der Waals surface area contributed by atoms with Crippen molar-refractivity contribution < 1.29 is 0 Å². The molecule has 1 heterocycles. The van der Waals surface area contributed by atoms with Gasteiger partial charge in [0.2, 0.25) is 0 Å². The molecule has 0 spiro atoms. The highest BCUT2D eigenvalue weighted by Crippen LogP contribution is 2.20. The molecule has 1 aromatic carbocycles. The standard InChI is InChI=1S/C13H17NS.BrH/c1-3-7-12(8-4-1)11-15-13-9-5-2-6-10-14-13;/h1,3-4,7-8H,2,5-6,9-11H2;1H. The Morgan fingerprint density at radius 3 is 2.69 bits per heavy atom. The molecule has 0 saturated carbocycles. The van der Waals surface area contributed by atoms with E-state index in [1.165, 1.54) is 36.3 Å². The molecular weight excluding hydrogens is 282 g/mol. The average molecular weight is 300 g/mol. The van der Waals surface area contributed by atoms with Crippen molar-refractivity contribution in [1.82, 2.24) is 0 Å². The fourth-order valence-electron chi connectivity index (χ4n) is 1.71. The number of benzene rings is 1. The van der Waals surface area contributed by atoms with E-state index in [2.05, 4.69) is 35.3 Å². The fourth-order valence-corrected chi connectivity index (χ4v) is 2.70. The summed E-state index contributed by atoms with van der Waals surface area (Å²) in [6.45, 7) is 1.04. The van der Waals surface area contributed by atoms with E-state index in [4.69, 9.17) is 0 Å². The molecule has 1 nitrogen and oxygen atoms in total. The van der Waals surface area contributed by atoms with Gasteiger partial charge in [0.05, 0.1) is 5.04 Å². The molecule has 0 saturated heterocycles. The first-order chi connectivity index (χ1) is 7.45. The van der Waals surface area contributed by atoms with Crippen LogP contribution < -0.4 is 0 Å². The Balaban J connectivity index is 0.00000128. The summed E-state index contributed by atoms with van der Waals surface area (Å²) in [5.41, 5.74) is 1.40. The van der Waals surface area contributed by atoms with Crippen molar-refractivity contribution in [2.75, 3.05) is 6.54 Å². The third-order valence-electron chi connectivity index (χ3n) is 2.59. The highest BCUT2D eigenvalue weighted by Gasteiger charge is 2.04. The van der Waals surface area contributed by atoms with E-state index in [9.17, 15) is 0 Å². The molecule has 16 heavy (non-hydrogen) atoms. The van der Waals surface area contributed by atoms with Crippen LogP contribution in [0, 0.1) is 0 Å². The molecule has 0 atom stereocenters. The van der Waals surface area contributed by atoms with Gasteiger partial charge in [0, 0.05) is 12.3 Å². The average Bonchev–Trinajstić information content (AvgIpc) is 2.56. The largest absolute Gasteiger partial charge is 0.283 e. The Labute approximate surface area is 113 Å². The van der Waals surface area contributed by atoms with Crippen LogP contribution in [0.1, 0.15) is 31.2 Å². The molecule has 0 bridgehead atoms. The maximum absolute atomic E-state index is 4.62. The van der Waals surface area contributed by atoms with Crippen LogP contribution >= 0.6 is 28.7 Å². The van der Waals surface area contributed by atoms with Gasteiger partial charge >= 0.3 is 0 Å². The van der Waals surface area contributed by atoms with Crippen molar-refractivity contribution in [3.63, 3.8) is 0 Å². The van der Waals surface area contributed by atoms with Crippen LogP contribution in [0.2, 0.25) is 0 Å². The van der Waals surface area contributed by atoms with Crippen LogP contribution in [-0.2, 0) is 5.75 Å². The Kier molecular flexibility index (Phi) is 6.81. The van der Waals surface area contributed by atoms with Gasteiger partial charge in [-0.3, -0.25) is 4.99 Å². The molecule has 0 radical (unpaired) electrons. The molecular formula is C13H18BrNS. The maximum atomic E-state index is 4.62. The van der Waals surface area contributed by atoms with Crippen LogP contribution in [-0.4, -0.2) is 11.6 Å². The predicted octanol–water partition coefficient (Wildman–Crippen LogP) is 4.47. The van der Waals surface area contributed by atoms with Crippen LogP contribution in [0.4, 0.5) is 0 Å². The summed E-state index contributed by atoms with van der Waals surface area (Å²) in [5.74, 6) is 1.07. The monoisotopic (exact) mass is 299 g/mol. The van der Waals surface area contributed by atoms with Crippen molar-refractivity contribution in [2.24, 2.45) is 4.99 Å². The summed E-state index contributed by atoms with van der Waals surface area (Å²) in [6, 6.07) is 10.6. The third-order valence-corrected chi connectivity index (χ3v) is 3.73. The molecule has 1 aromatic rings. The molecule has 0 N–H and O–H groups in total. The van der Waals surface area contributed by atoms with Gasteiger partial charge in [-0.25, -0.2) is 0 Å². The summed E-state index contributed by atoms with van der Waals surface area (Å²) in [7, 11) is 0. The summed E-state index contributed by atoms with van der Waals surface area (Å²) in [5, 5.41) is 1.36.